The second-order valence-corrected chi connectivity index (χ2v) is 7.32. The van der Waals surface area contributed by atoms with Crippen molar-refractivity contribution in [3.8, 4) is 11.3 Å². The Hall–Kier alpha value is -2.87. The van der Waals surface area contributed by atoms with E-state index in [2.05, 4.69) is 15.4 Å². The van der Waals surface area contributed by atoms with E-state index in [0.717, 1.165) is 36.1 Å². The number of thiazole rings is 1. The summed E-state index contributed by atoms with van der Waals surface area (Å²) in [7, 11) is 0. The molecule has 4 rings (SSSR count). The van der Waals surface area contributed by atoms with Crippen LogP contribution in [0.15, 0.2) is 40.5 Å². The fourth-order valence-electron chi connectivity index (χ4n) is 3.10. The minimum atomic E-state index is -0.749. The molecule has 8 heteroatoms. The Morgan fingerprint density at radius 2 is 2.07 bits per heavy atom. The highest BCUT2D eigenvalue weighted by Crippen LogP contribution is 2.25. The highest BCUT2D eigenvalue weighted by molar-refractivity contribution is 7.14. The number of hydrogen-bond acceptors (Lipinski definition) is 5. The lowest BCUT2D eigenvalue weighted by Crippen LogP contribution is -2.33. The van der Waals surface area contributed by atoms with Gasteiger partial charge in [-0.25, -0.2) is 14.1 Å². The minimum Gasteiger partial charge on any atom is -0.300 e. The number of nitrogens with one attached hydrogen (secondary N) is 1. The molecular formula is C19H17FN4O2S. The maximum atomic E-state index is 13.0. The van der Waals surface area contributed by atoms with Crippen molar-refractivity contribution in [2.45, 2.75) is 32.2 Å². The van der Waals surface area contributed by atoms with Crippen molar-refractivity contribution in [2.75, 3.05) is 5.32 Å². The minimum absolute atomic E-state index is 0.274. The fourth-order valence-corrected chi connectivity index (χ4v) is 3.82. The number of halogens is 1. The molecule has 1 N–H and O–H groups in total. The first-order valence-electron chi connectivity index (χ1n) is 8.65. The molecule has 1 amide bonds. The zero-order valence-corrected chi connectivity index (χ0v) is 15.4. The van der Waals surface area contributed by atoms with Crippen LogP contribution in [0.5, 0.6) is 0 Å². The van der Waals surface area contributed by atoms with Gasteiger partial charge in [-0.15, -0.1) is 11.3 Å². The van der Waals surface area contributed by atoms with Crippen molar-refractivity contribution in [1.82, 2.24) is 14.8 Å². The lowest BCUT2D eigenvalue weighted by Gasteiger charge is -2.14. The summed E-state index contributed by atoms with van der Waals surface area (Å²) in [5.74, 6) is -0.675. The molecule has 1 aromatic carbocycles. The molecule has 0 fully saturated rings. The Balaban J connectivity index is 1.51. The molecule has 27 heavy (non-hydrogen) atoms. The highest BCUT2D eigenvalue weighted by Gasteiger charge is 2.22. The summed E-state index contributed by atoms with van der Waals surface area (Å²) in [4.78, 5) is 29.2. The number of hydrogen-bond donors (Lipinski definition) is 1. The van der Waals surface area contributed by atoms with Gasteiger partial charge in [0.25, 0.3) is 11.5 Å². The van der Waals surface area contributed by atoms with E-state index < -0.39 is 6.04 Å². The van der Waals surface area contributed by atoms with Crippen LogP contribution in [0.2, 0.25) is 0 Å². The molecule has 0 radical (unpaired) electrons. The van der Waals surface area contributed by atoms with Crippen LogP contribution in [0.3, 0.4) is 0 Å². The molecule has 0 saturated carbocycles. The number of rotatable bonds is 4. The van der Waals surface area contributed by atoms with Crippen molar-refractivity contribution in [3.05, 3.63) is 63.1 Å². The monoisotopic (exact) mass is 384 g/mol. The van der Waals surface area contributed by atoms with Crippen molar-refractivity contribution in [2.24, 2.45) is 0 Å². The molecule has 2 heterocycles. The summed E-state index contributed by atoms with van der Waals surface area (Å²) in [5.41, 5.74) is 3.01. The quantitative estimate of drug-likeness (QED) is 0.749. The van der Waals surface area contributed by atoms with Gasteiger partial charge in [-0.1, -0.05) is 0 Å². The van der Waals surface area contributed by atoms with E-state index in [1.165, 1.54) is 28.2 Å². The fraction of sp³-hybridized carbons (Fsp3) is 0.263. The summed E-state index contributed by atoms with van der Waals surface area (Å²) in [6.07, 6.45) is 2.68. The van der Waals surface area contributed by atoms with Crippen LogP contribution in [-0.4, -0.2) is 20.7 Å². The van der Waals surface area contributed by atoms with E-state index in [1.54, 1.807) is 30.5 Å². The van der Waals surface area contributed by atoms with E-state index in [1.807, 2.05) is 0 Å². The molecule has 0 aliphatic heterocycles. The third-order valence-electron chi connectivity index (χ3n) is 4.60. The first-order valence-corrected chi connectivity index (χ1v) is 9.53. The number of carbonyl (C=O) groups excluding carboxylic acids is 1. The molecule has 1 aliphatic carbocycles. The van der Waals surface area contributed by atoms with E-state index in [0.29, 0.717) is 10.8 Å². The van der Waals surface area contributed by atoms with Crippen LogP contribution < -0.4 is 10.9 Å². The predicted molar refractivity (Wildman–Crippen MR) is 101 cm³/mol. The zero-order valence-electron chi connectivity index (χ0n) is 14.6. The Bertz CT molecular complexity index is 1060. The van der Waals surface area contributed by atoms with Gasteiger partial charge in [-0.2, -0.15) is 5.10 Å². The number of benzene rings is 1. The average Bonchev–Trinajstić information content (AvgIpc) is 3.30. The molecule has 2 aromatic heterocycles. The van der Waals surface area contributed by atoms with Crippen LogP contribution in [0, 0.1) is 5.82 Å². The maximum absolute atomic E-state index is 13.0. The predicted octanol–water partition coefficient (Wildman–Crippen LogP) is 3.19. The number of nitrogens with zero attached hydrogens (tertiary/aromatic N) is 3. The number of amides is 1. The Labute approximate surface area is 158 Å². The lowest BCUT2D eigenvalue weighted by molar-refractivity contribution is -0.119. The van der Waals surface area contributed by atoms with Crippen molar-refractivity contribution >= 4 is 22.4 Å². The molecule has 6 nitrogen and oxygen atoms in total. The Morgan fingerprint density at radius 1 is 1.30 bits per heavy atom. The SMILES string of the molecule is C[C@H](C(=O)Nc1nc(-c2ccc(F)cc2)cs1)n1nc2c(cc1=O)CCC2. The third kappa shape index (κ3) is 3.52. The van der Waals surface area contributed by atoms with Crippen LogP contribution >= 0.6 is 11.3 Å². The summed E-state index contributed by atoms with van der Waals surface area (Å²) >= 11 is 1.27. The van der Waals surface area contributed by atoms with Crippen molar-refractivity contribution in [1.29, 1.82) is 0 Å². The molecule has 138 valence electrons. The maximum Gasteiger partial charge on any atom is 0.267 e. The summed E-state index contributed by atoms with van der Waals surface area (Å²) in [5, 5.41) is 9.30. The number of carbonyl (C=O) groups is 1. The smallest absolute Gasteiger partial charge is 0.267 e. The van der Waals surface area contributed by atoms with E-state index in [9.17, 15) is 14.0 Å². The van der Waals surface area contributed by atoms with Crippen LogP contribution in [-0.2, 0) is 17.6 Å². The molecule has 1 aliphatic rings. The van der Waals surface area contributed by atoms with Crippen molar-refractivity contribution < 1.29 is 9.18 Å². The molecule has 0 saturated heterocycles. The molecule has 1 atom stereocenters. The Morgan fingerprint density at radius 3 is 2.85 bits per heavy atom. The summed E-state index contributed by atoms with van der Waals surface area (Å²) < 4.78 is 14.3. The summed E-state index contributed by atoms with van der Waals surface area (Å²) in [6, 6.07) is 6.82. The first kappa shape index (κ1) is 17.5. The number of fused-ring (bicyclic) bond motifs is 1. The topological polar surface area (TPSA) is 76.9 Å². The van der Waals surface area contributed by atoms with Crippen LogP contribution in [0.25, 0.3) is 11.3 Å². The molecule has 0 spiro atoms. The molecule has 0 unspecified atom stereocenters. The molecule has 3 aromatic rings. The number of anilines is 1. The van der Waals surface area contributed by atoms with E-state index in [-0.39, 0.29) is 17.3 Å². The van der Waals surface area contributed by atoms with Gasteiger partial charge in [0.15, 0.2) is 5.13 Å². The van der Waals surface area contributed by atoms with E-state index >= 15 is 0 Å². The Kier molecular flexibility index (Phi) is 4.57. The van der Waals surface area contributed by atoms with Crippen molar-refractivity contribution in [3.63, 3.8) is 0 Å². The van der Waals surface area contributed by atoms with Gasteiger partial charge in [-0.3, -0.25) is 9.59 Å². The van der Waals surface area contributed by atoms with Gasteiger partial charge < -0.3 is 5.32 Å². The van der Waals surface area contributed by atoms with Gasteiger partial charge >= 0.3 is 0 Å². The van der Waals surface area contributed by atoms with Gasteiger partial charge in [0.2, 0.25) is 0 Å². The molecular weight excluding hydrogens is 367 g/mol. The first-order chi connectivity index (χ1) is 13.0. The molecule has 0 bridgehead atoms. The highest BCUT2D eigenvalue weighted by atomic mass is 32.1. The number of aromatic nitrogens is 3. The third-order valence-corrected chi connectivity index (χ3v) is 5.36. The van der Waals surface area contributed by atoms with Crippen LogP contribution in [0.4, 0.5) is 9.52 Å². The van der Waals surface area contributed by atoms with Gasteiger partial charge in [0.05, 0.1) is 11.4 Å². The standard InChI is InChI=1S/C19H17FN4O2S/c1-11(24-17(25)9-13-3-2-4-15(13)23-24)18(26)22-19-21-16(10-27-19)12-5-7-14(20)8-6-12/h5-11H,2-4H2,1H3,(H,21,22,26)/t11-/m1/s1. The number of aryl methyl sites for hydroxylation is 2. The second kappa shape index (κ2) is 7.03. The van der Waals surface area contributed by atoms with Gasteiger partial charge in [0, 0.05) is 17.0 Å². The van der Waals surface area contributed by atoms with Gasteiger partial charge in [-0.05, 0) is 56.0 Å². The summed E-state index contributed by atoms with van der Waals surface area (Å²) in [6.45, 7) is 1.64. The van der Waals surface area contributed by atoms with E-state index in [4.69, 9.17) is 0 Å². The second-order valence-electron chi connectivity index (χ2n) is 6.46. The normalized spacial score (nSPS) is 14.0. The average molecular weight is 384 g/mol. The van der Waals surface area contributed by atoms with Gasteiger partial charge in [0.1, 0.15) is 11.9 Å². The lowest BCUT2D eigenvalue weighted by atomic mass is 10.2. The van der Waals surface area contributed by atoms with Crippen LogP contribution in [0.1, 0.15) is 30.6 Å². The zero-order chi connectivity index (χ0) is 19.0. The largest absolute Gasteiger partial charge is 0.300 e.